The second kappa shape index (κ2) is 7.81. The highest BCUT2D eigenvalue weighted by atomic mass is 16.5. The highest BCUT2D eigenvalue weighted by Crippen LogP contribution is 2.18. The van der Waals surface area contributed by atoms with E-state index < -0.39 is 5.97 Å². The van der Waals surface area contributed by atoms with Gasteiger partial charge in [-0.05, 0) is 45.2 Å². The molecular weight excluding hydrogens is 304 g/mol. The number of esters is 1. The predicted octanol–water partition coefficient (Wildman–Crippen LogP) is 3.09. The Morgan fingerprint density at radius 2 is 1.96 bits per heavy atom. The monoisotopic (exact) mass is 328 g/mol. The van der Waals surface area contributed by atoms with Gasteiger partial charge in [-0.1, -0.05) is 29.8 Å². The van der Waals surface area contributed by atoms with Gasteiger partial charge in [0.25, 0.3) is 5.91 Å². The van der Waals surface area contributed by atoms with Crippen LogP contribution in [0.2, 0.25) is 0 Å². The van der Waals surface area contributed by atoms with Crippen LogP contribution in [0.4, 0.5) is 0 Å². The van der Waals surface area contributed by atoms with Crippen LogP contribution in [0.3, 0.4) is 0 Å². The summed E-state index contributed by atoms with van der Waals surface area (Å²) in [6.07, 6.45) is 0.765. The molecule has 0 saturated carbocycles. The molecule has 0 unspecified atom stereocenters. The van der Waals surface area contributed by atoms with Gasteiger partial charge in [0.1, 0.15) is 5.69 Å². The van der Waals surface area contributed by atoms with Crippen molar-refractivity contribution in [1.29, 1.82) is 0 Å². The minimum Gasteiger partial charge on any atom is -0.461 e. The van der Waals surface area contributed by atoms with Crippen LogP contribution < -0.4 is 5.32 Å². The van der Waals surface area contributed by atoms with Crippen LogP contribution >= 0.6 is 0 Å². The number of hydrogen-bond acceptors (Lipinski definition) is 3. The molecule has 0 radical (unpaired) electrons. The molecule has 5 nitrogen and oxygen atoms in total. The Morgan fingerprint density at radius 1 is 1.21 bits per heavy atom. The van der Waals surface area contributed by atoms with E-state index in [1.165, 1.54) is 11.1 Å². The second-order valence-electron chi connectivity index (χ2n) is 5.84. The molecule has 1 aromatic carbocycles. The van der Waals surface area contributed by atoms with Crippen LogP contribution in [-0.4, -0.2) is 30.0 Å². The number of aryl methyl sites for hydroxylation is 2. The lowest BCUT2D eigenvalue weighted by Gasteiger charge is -2.07. The number of benzene rings is 1. The maximum absolute atomic E-state index is 12.5. The van der Waals surface area contributed by atoms with Gasteiger partial charge in [0.05, 0.1) is 12.2 Å². The topological polar surface area (TPSA) is 71.2 Å². The van der Waals surface area contributed by atoms with Gasteiger partial charge in [0, 0.05) is 12.2 Å². The summed E-state index contributed by atoms with van der Waals surface area (Å²) in [6, 6.07) is 8.21. The summed E-state index contributed by atoms with van der Waals surface area (Å²) in [5.74, 6) is -0.610. The first-order valence-electron chi connectivity index (χ1n) is 8.14. The van der Waals surface area contributed by atoms with Crippen molar-refractivity contribution in [2.75, 3.05) is 13.2 Å². The molecular formula is C19H24N2O3. The Labute approximate surface area is 142 Å². The first-order valence-corrected chi connectivity index (χ1v) is 8.14. The Balaban J connectivity index is 2.03. The average Bonchev–Trinajstić information content (AvgIpc) is 2.82. The third-order valence-corrected chi connectivity index (χ3v) is 3.93. The Bertz CT molecular complexity index is 747. The first-order chi connectivity index (χ1) is 11.4. The molecule has 5 heteroatoms. The summed E-state index contributed by atoms with van der Waals surface area (Å²) in [5, 5.41) is 2.92. The lowest BCUT2D eigenvalue weighted by Crippen LogP contribution is -2.26. The van der Waals surface area contributed by atoms with Crippen molar-refractivity contribution < 1.29 is 14.3 Å². The van der Waals surface area contributed by atoms with E-state index in [1.807, 2.05) is 25.1 Å². The lowest BCUT2D eigenvalue weighted by molar-refractivity contribution is 0.0519. The molecule has 0 spiro atoms. The number of carbonyl (C=O) groups excluding carboxylic acids is 2. The van der Waals surface area contributed by atoms with E-state index in [0.29, 0.717) is 35.7 Å². The molecule has 128 valence electrons. The van der Waals surface area contributed by atoms with Crippen molar-refractivity contribution in [3.8, 4) is 0 Å². The van der Waals surface area contributed by atoms with Crippen molar-refractivity contribution >= 4 is 11.9 Å². The molecule has 0 aliphatic carbocycles. The fourth-order valence-electron chi connectivity index (χ4n) is 2.77. The molecule has 0 fully saturated rings. The highest BCUT2D eigenvalue weighted by molar-refractivity contribution is 6.01. The number of carbonyl (C=O) groups is 2. The number of hydrogen-bond donors (Lipinski definition) is 2. The molecule has 1 heterocycles. The normalized spacial score (nSPS) is 10.5. The molecule has 0 aliphatic rings. The number of aromatic amines is 1. The van der Waals surface area contributed by atoms with E-state index in [1.54, 1.807) is 20.8 Å². The number of amides is 1. The summed E-state index contributed by atoms with van der Waals surface area (Å²) in [4.78, 5) is 27.3. The summed E-state index contributed by atoms with van der Waals surface area (Å²) in [5.41, 5.74) is 4.54. The third-order valence-electron chi connectivity index (χ3n) is 3.93. The van der Waals surface area contributed by atoms with E-state index in [-0.39, 0.29) is 5.91 Å². The fraction of sp³-hybridized carbons (Fsp3) is 0.368. The van der Waals surface area contributed by atoms with Crippen molar-refractivity contribution in [3.05, 3.63) is 57.9 Å². The number of ether oxygens (including phenoxy) is 1. The smallest absolute Gasteiger partial charge is 0.355 e. The maximum atomic E-state index is 12.5. The molecule has 2 N–H and O–H groups in total. The third kappa shape index (κ3) is 4.04. The zero-order valence-electron chi connectivity index (χ0n) is 14.7. The van der Waals surface area contributed by atoms with Crippen LogP contribution in [0, 0.1) is 20.8 Å². The number of H-pyrrole nitrogens is 1. The van der Waals surface area contributed by atoms with Crippen molar-refractivity contribution in [2.24, 2.45) is 0 Å². The van der Waals surface area contributed by atoms with Gasteiger partial charge in [-0.15, -0.1) is 0 Å². The summed E-state index contributed by atoms with van der Waals surface area (Å²) < 4.78 is 5.01. The van der Waals surface area contributed by atoms with Crippen LogP contribution in [0.5, 0.6) is 0 Å². The minimum atomic E-state index is -0.433. The first kappa shape index (κ1) is 17.8. The van der Waals surface area contributed by atoms with E-state index in [0.717, 1.165) is 6.42 Å². The van der Waals surface area contributed by atoms with Crippen molar-refractivity contribution in [3.63, 3.8) is 0 Å². The quantitative estimate of drug-likeness (QED) is 0.801. The highest BCUT2D eigenvalue weighted by Gasteiger charge is 2.22. The molecule has 0 saturated heterocycles. The number of nitrogens with one attached hydrogen (secondary N) is 2. The molecule has 0 bridgehead atoms. The van der Waals surface area contributed by atoms with Crippen molar-refractivity contribution in [2.45, 2.75) is 34.1 Å². The zero-order chi connectivity index (χ0) is 17.7. The van der Waals surface area contributed by atoms with E-state index in [2.05, 4.69) is 16.4 Å². The SMILES string of the molecule is CCOC(=O)c1[nH]c(C)c(C(=O)NCCc2cccc(C)c2)c1C. The van der Waals surface area contributed by atoms with Gasteiger partial charge < -0.3 is 15.0 Å². The Hall–Kier alpha value is -2.56. The standard InChI is InChI=1S/C19H24N2O3/c1-5-24-19(23)17-13(3)16(14(4)21-17)18(22)20-10-9-15-8-6-7-12(2)11-15/h6-8,11,21H,5,9-10H2,1-4H3,(H,20,22). The zero-order valence-corrected chi connectivity index (χ0v) is 14.7. The van der Waals surface area contributed by atoms with Gasteiger partial charge in [0.2, 0.25) is 0 Å². The largest absolute Gasteiger partial charge is 0.461 e. The lowest BCUT2D eigenvalue weighted by atomic mass is 10.1. The molecule has 2 rings (SSSR count). The summed E-state index contributed by atoms with van der Waals surface area (Å²) in [7, 11) is 0. The maximum Gasteiger partial charge on any atom is 0.355 e. The molecule has 1 aromatic heterocycles. The van der Waals surface area contributed by atoms with Gasteiger partial charge >= 0.3 is 5.97 Å². The molecule has 1 amide bonds. The molecule has 2 aromatic rings. The Morgan fingerprint density at radius 3 is 2.62 bits per heavy atom. The summed E-state index contributed by atoms with van der Waals surface area (Å²) in [6.45, 7) is 8.18. The van der Waals surface area contributed by atoms with Crippen LogP contribution in [0.1, 0.15) is 50.2 Å². The van der Waals surface area contributed by atoms with Crippen LogP contribution in [0.15, 0.2) is 24.3 Å². The Kier molecular flexibility index (Phi) is 5.79. The van der Waals surface area contributed by atoms with E-state index >= 15 is 0 Å². The molecule has 24 heavy (non-hydrogen) atoms. The summed E-state index contributed by atoms with van der Waals surface area (Å²) >= 11 is 0. The van der Waals surface area contributed by atoms with Gasteiger partial charge in [0.15, 0.2) is 0 Å². The minimum absolute atomic E-state index is 0.176. The number of aromatic nitrogens is 1. The van der Waals surface area contributed by atoms with Gasteiger partial charge in [-0.2, -0.15) is 0 Å². The van der Waals surface area contributed by atoms with Gasteiger partial charge in [-0.25, -0.2) is 4.79 Å². The average molecular weight is 328 g/mol. The second-order valence-corrected chi connectivity index (χ2v) is 5.84. The van der Waals surface area contributed by atoms with E-state index in [9.17, 15) is 9.59 Å². The van der Waals surface area contributed by atoms with E-state index in [4.69, 9.17) is 4.74 Å². The fourth-order valence-corrected chi connectivity index (χ4v) is 2.77. The van der Waals surface area contributed by atoms with Gasteiger partial charge in [-0.3, -0.25) is 4.79 Å². The van der Waals surface area contributed by atoms with Crippen molar-refractivity contribution in [1.82, 2.24) is 10.3 Å². The molecule has 0 atom stereocenters. The molecule has 0 aliphatic heterocycles. The predicted molar refractivity (Wildman–Crippen MR) is 93.4 cm³/mol. The van der Waals surface area contributed by atoms with Crippen LogP contribution in [-0.2, 0) is 11.2 Å². The number of rotatable bonds is 6. The van der Waals surface area contributed by atoms with Crippen LogP contribution in [0.25, 0.3) is 0 Å².